The van der Waals surface area contributed by atoms with Gasteiger partial charge in [-0.1, -0.05) is 35.9 Å². The lowest BCUT2D eigenvalue weighted by Crippen LogP contribution is -2.23. The number of aromatic nitrogens is 1. The van der Waals surface area contributed by atoms with E-state index in [0.717, 1.165) is 5.56 Å². The molecule has 138 valence electrons. The largest absolute Gasteiger partial charge is 0.348 e. The highest BCUT2D eigenvalue weighted by molar-refractivity contribution is 6.30. The molecule has 6 nitrogen and oxygen atoms in total. The van der Waals surface area contributed by atoms with E-state index in [4.69, 9.17) is 16.9 Å². The van der Waals surface area contributed by atoms with Crippen molar-refractivity contribution in [1.82, 2.24) is 10.3 Å². The van der Waals surface area contributed by atoms with Crippen molar-refractivity contribution in [1.29, 1.82) is 5.26 Å². The summed E-state index contributed by atoms with van der Waals surface area (Å²) in [6, 6.07) is 18.7. The molecule has 0 radical (unpaired) electrons. The van der Waals surface area contributed by atoms with Crippen molar-refractivity contribution in [2.75, 3.05) is 5.32 Å². The molecule has 7 heteroatoms. The molecule has 0 saturated carbocycles. The zero-order valence-corrected chi connectivity index (χ0v) is 15.4. The van der Waals surface area contributed by atoms with E-state index in [1.54, 1.807) is 36.4 Å². The lowest BCUT2D eigenvalue weighted by Gasteiger charge is -2.08. The van der Waals surface area contributed by atoms with Crippen LogP contribution >= 0.6 is 11.6 Å². The number of para-hydroxylation sites is 1. The van der Waals surface area contributed by atoms with Gasteiger partial charge in [0, 0.05) is 23.3 Å². The number of hydrogen-bond acceptors (Lipinski definition) is 4. The second-order valence-corrected chi connectivity index (χ2v) is 6.29. The average molecular weight is 391 g/mol. The van der Waals surface area contributed by atoms with Crippen LogP contribution in [0.1, 0.15) is 32.0 Å². The number of carbonyl (C=O) groups excluding carboxylic acids is 2. The summed E-state index contributed by atoms with van der Waals surface area (Å²) >= 11 is 5.84. The van der Waals surface area contributed by atoms with Crippen LogP contribution in [-0.2, 0) is 6.54 Å². The van der Waals surface area contributed by atoms with Crippen LogP contribution < -0.4 is 10.6 Å². The van der Waals surface area contributed by atoms with Crippen LogP contribution in [0.5, 0.6) is 0 Å². The molecule has 2 aromatic carbocycles. The Morgan fingerprint density at radius 3 is 2.54 bits per heavy atom. The van der Waals surface area contributed by atoms with Crippen LogP contribution in [0.15, 0.2) is 66.9 Å². The van der Waals surface area contributed by atoms with E-state index in [9.17, 15) is 9.59 Å². The first-order valence-electron chi connectivity index (χ1n) is 8.36. The van der Waals surface area contributed by atoms with Crippen molar-refractivity contribution in [3.8, 4) is 6.07 Å². The number of carbonyl (C=O) groups is 2. The number of nitriles is 1. The number of halogens is 1. The Bertz CT molecular complexity index is 1060. The number of anilines is 1. The number of nitrogens with zero attached hydrogens (tertiary/aromatic N) is 2. The van der Waals surface area contributed by atoms with Gasteiger partial charge in [-0.15, -0.1) is 0 Å². The summed E-state index contributed by atoms with van der Waals surface area (Å²) in [5, 5.41) is 15.2. The number of benzene rings is 2. The molecule has 0 spiro atoms. The van der Waals surface area contributed by atoms with Gasteiger partial charge in [0.2, 0.25) is 0 Å². The molecule has 1 aromatic heterocycles. The van der Waals surface area contributed by atoms with Crippen molar-refractivity contribution in [2.24, 2.45) is 0 Å². The van der Waals surface area contributed by atoms with Gasteiger partial charge >= 0.3 is 0 Å². The molecular formula is C21H15ClN4O2. The molecule has 2 N–H and O–H groups in total. The topological polar surface area (TPSA) is 94.9 Å². The Morgan fingerprint density at radius 2 is 1.79 bits per heavy atom. The molecular weight excluding hydrogens is 376 g/mol. The van der Waals surface area contributed by atoms with Gasteiger partial charge in [-0.3, -0.25) is 14.6 Å². The van der Waals surface area contributed by atoms with Crippen molar-refractivity contribution in [3.05, 3.63) is 94.3 Å². The minimum atomic E-state index is -0.505. The van der Waals surface area contributed by atoms with Crippen LogP contribution in [0.4, 0.5) is 5.69 Å². The minimum Gasteiger partial charge on any atom is -0.348 e. The van der Waals surface area contributed by atoms with Gasteiger partial charge in [0.05, 0.1) is 11.3 Å². The van der Waals surface area contributed by atoms with Crippen molar-refractivity contribution < 1.29 is 9.59 Å². The molecule has 3 rings (SSSR count). The third-order valence-electron chi connectivity index (χ3n) is 3.92. The predicted octanol–water partition coefficient (Wildman–Crippen LogP) is 3.79. The number of amides is 2. The molecule has 0 bridgehead atoms. The maximum absolute atomic E-state index is 12.4. The molecule has 0 aliphatic carbocycles. The monoisotopic (exact) mass is 390 g/mol. The Labute approximate surface area is 166 Å². The molecule has 3 aromatic rings. The predicted molar refractivity (Wildman–Crippen MR) is 106 cm³/mol. The molecule has 2 amide bonds. The highest BCUT2D eigenvalue weighted by Crippen LogP contribution is 2.15. The highest BCUT2D eigenvalue weighted by atomic mass is 35.5. The number of nitrogens with one attached hydrogen (secondary N) is 2. The molecule has 28 heavy (non-hydrogen) atoms. The maximum atomic E-state index is 12.4. The van der Waals surface area contributed by atoms with E-state index < -0.39 is 5.91 Å². The average Bonchev–Trinajstić information content (AvgIpc) is 2.73. The third-order valence-corrected chi connectivity index (χ3v) is 4.17. The SMILES string of the molecule is N#Cc1ccccc1NC(=O)c1cc(C(=O)NCc2ccc(Cl)cc2)ccn1. The fraction of sp³-hybridized carbons (Fsp3) is 0.0476. The molecule has 0 aliphatic heterocycles. The van der Waals surface area contributed by atoms with Gasteiger partial charge in [-0.05, 0) is 42.0 Å². The molecule has 0 atom stereocenters. The van der Waals surface area contributed by atoms with Gasteiger partial charge < -0.3 is 10.6 Å². The first kappa shape index (κ1) is 19.1. The van der Waals surface area contributed by atoms with Crippen molar-refractivity contribution >= 4 is 29.1 Å². The number of rotatable bonds is 5. The third kappa shape index (κ3) is 4.72. The van der Waals surface area contributed by atoms with Gasteiger partial charge in [-0.25, -0.2) is 0 Å². The second-order valence-electron chi connectivity index (χ2n) is 5.85. The summed E-state index contributed by atoms with van der Waals surface area (Å²) in [6.45, 7) is 0.329. The minimum absolute atomic E-state index is 0.0758. The van der Waals surface area contributed by atoms with E-state index in [2.05, 4.69) is 15.6 Å². The van der Waals surface area contributed by atoms with Crippen molar-refractivity contribution in [2.45, 2.75) is 6.54 Å². The molecule has 0 saturated heterocycles. The van der Waals surface area contributed by atoms with Gasteiger partial charge in [0.15, 0.2) is 0 Å². The molecule has 1 heterocycles. The fourth-order valence-electron chi connectivity index (χ4n) is 2.46. The summed E-state index contributed by atoms with van der Waals surface area (Å²) in [7, 11) is 0. The molecule has 0 fully saturated rings. The normalized spacial score (nSPS) is 10.0. The van der Waals surface area contributed by atoms with E-state index in [0.29, 0.717) is 28.4 Å². The van der Waals surface area contributed by atoms with Crippen LogP contribution in [0.2, 0.25) is 5.02 Å². The van der Waals surface area contributed by atoms with Crippen LogP contribution in [0.25, 0.3) is 0 Å². The summed E-state index contributed by atoms with van der Waals surface area (Å²) in [5.41, 5.74) is 2.01. The van der Waals surface area contributed by atoms with E-state index in [1.165, 1.54) is 18.3 Å². The van der Waals surface area contributed by atoms with E-state index in [1.807, 2.05) is 18.2 Å². The highest BCUT2D eigenvalue weighted by Gasteiger charge is 2.13. The van der Waals surface area contributed by atoms with Crippen LogP contribution in [-0.4, -0.2) is 16.8 Å². The summed E-state index contributed by atoms with van der Waals surface area (Å²) in [4.78, 5) is 28.8. The Morgan fingerprint density at radius 1 is 1.04 bits per heavy atom. The van der Waals surface area contributed by atoms with Gasteiger partial charge in [0.25, 0.3) is 11.8 Å². The summed E-state index contributed by atoms with van der Waals surface area (Å²) in [6.07, 6.45) is 1.39. The lowest BCUT2D eigenvalue weighted by atomic mass is 10.1. The van der Waals surface area contributed by atoms with Crippen LogP contribution in [0, 0.1) is 11.3 Å². The second kappa shape index (κ2) is 8.80. The molecule has 0 unspecified atom stereocenters. The Kier molecular flexibility index (Phi) is 6.00. The van der Waals surface area contributed by atoms with Gasteiger partial charge in [0.1, 0.15) is 11.8 Å². The lowest BCUT2D eigenvalue weighted by molar-refractivity contribution is 0.0951. The smallest absolute Gasteiger partial charge is 0.274 e. The molecule has 0 aliphatic rings. The Balaban J connectivity index is 1.69. The first-order valence-corrected chi connectivity index (χ1v) is 8.74. The number of hydrogen-bond donors (Lipinski definition) is 2. The van der Waals surface area contributed by atoms with E-state index >= 15 is 0 Å². The maximum Gasteiger partial charge on any atom is 0.274 e. The van der Waals surface area contributed by atoms with E-state index in [-0.39, 0.29) is 11.6 Å². The van der Waals surface area contributed by atoms with Crippen LogP contribution in [0.3, 0.4) is 0 Å². The zero-order valence-electron chi connectivity index (χ0n) is 14.6. The Hall–Kier alpha value is -3.69. The first-order chi connectivity index (χ1) is 13.6. The quantitative estimate of drug-likeness (QED) is 0.692. The number of pyridine rings is 1. The zero-order chi connectivity index (χ0) is 19.9. The standard InChI is InChI=1S/C21H15ClN4O2/c22-17-7-5-14(6-8-17)13-25-20(27)15-9-10-24-19(11-15)21(28)26-18-4-2-1-3-16(18)12-23/h1-11H,13H2,(H,25,27)(H,26,28). The van der Waals surface area contributed by atoms with Crippen molar-refractivity contribution in [3.63, 3.8) is 0 Å². The summed E-state index contributed by atoms with van der Waals surface area (Å²) in [5.74, 6) is -0.834. The summed E-state index contributed by atoms with van der Waals surface area (Å²) < 4.78 is 0. The van der Waals surface area contributed by atoms with Gasteiger partial charge in [-0.2, -0.15) is 5.26 Å². The fourth-order valence-corrected chi connectivity index (χ4v) is 2.58.